The van der Waals surface area contributed by atoms with Gasteiger partial charge in [-0.15, -0.1) is 0 Å². The number of benzene rings is 1. The standard InChI is InChI=1S/C28H36N4O5/c1-4-30-24-12-11-22(37-3)15-23(24)27(35)32(28(30)36)17-19-5-7-20(8-6-19)25(33)29-13-14-31(18(2)16-29)26(34)21-9-10-21/h4,11-12,15,18-21H,1,5-10,13-14,16-17H2,2-3H3. The highest BCUT2D eigenvalue weighted by Crippen LogP contribution is 2.34. The zero-order chi connectivity index (χ0) is 26.3. The van der Waals surface area contributed by atoms with Crippen molar-refractivity contribution in [2.45, 2.75) is 58.0 Å². The molecule has 0 spiro atoms. The summed E-state index contributed by atoms with van der Waals surface area (Å²) in [7, 11) is 1.54. The molecule has 1 saturated heterocycles. The molecule has 9 nitrogen and oxygen atoms in total. The lowest BCUT2D eigenvalue weighted by atomic mass is 9.81. The summed E-state index contributed by atoms with van der Waals surface area (Å²) in [6.07, 6.45) is 6.46. The molecule has 3 fully saturated rings. The van der Waals surface area contributed by atoms with Crippen molar-refractivity contribution < 1.29 is 14.3 Å². The number of hydrogen-bond donors (Lipinski definition) is 0. The van der Waals surface area contributed by atoms with Crippen molar-refractivity contribution in [3.63, 3.8) is 0 Å². The van der Waals surface area contributed by atoms with Gasteiger partial charge in [-0.1, -0.05) is 6.58 Å². The van der Waals surface area contributed by atoms with Gasteiger partial charge < -0.3 is 14.5 Å². The minimum atomic E-state index is -0.400. The van der Waals surface area contributed by atoms with Crippen LogP contribution >= 0.6 is 0 Å². The van der Waals surface area contributed by atoms with E-state index in [2.05, 4.69) is 6.58 Å². The van der Waals surface area contributed by atoms with E-state index in [0.717, 1.165) is 38.5 Å². The minimum Gasteiger partial charge on any atom is -0.497 e. The highest BCUT2D eigenvalue weighted by molar-refractivity contribution is 5.83. The Bertz CT molecular complexity index is 1330. The fraction of sp³-hybridized carbons (Fsp3) is 0.571. The Hall–Kier alpha value is -3.36. The molecule has 3 aliphatic rings. The topological polar surface area (TPSA) is 93.9 Å². The van der Waals surface area contributed by atoms with Gasteiger partial charge in [0.15, 0.2) is 0 Å². The summed E-state index contributed by atoms with van der Waals surface area (Å²) in [5.74, 6) is 1.27. The number of nitrogens with zero attached hydrogens (tertiary/aromatic N) is 4. The van der Waals surface area contributed by atoms with Gasteiger partial charge in [-0.3, -0.25) is 23.5 Å². The first-order chi connectivity index (χ1) is 17.8. The van der Waals surface area contributed by atoms with Crippen molar-refractivity contribution in [3.05, 3.63) is 45.6 Å². The molecule has 1 aromatic heterocycles. The number of hydrogen-bond acceptors (Lipinski definition) is 5. The third kappa shape index (κ3) is 4.83. The van der Waals surface area contributed by atoms with Crippen molar-refractivity contribution in [1.29, 1.82) is 0 Å². The lowest BCUT2D eigenvalue weighted by Crippen LogP contribution is -2.57. The van der Waals surface area contributed by atoms with E-state index in [1.165, 1.54) is 22.4 Å². The Morgan fingerprint density at radius 3 is 2.32 bits per heavy atom. The highest BCUT2D eigenvalue weighted by Gasteiger charge is 2.39. The minimum absolute atomic E-state index is 0.0449. The van der Waals surface area contributed by atoms with Crippen LogP contribution in [-0.2, 0) is 16.1 Å². The number of piperazine rings is 1. The maximum atomic E-state index is 13.3. The van der Waals surface area contributed by atoms with E-state index in [-0.39, 0.29) is 41.2 Å². The van der Waals surface area contributed by atoms with Crippen molar-refractivity contribution >= 4 is 28.9 Å². The molecule has 2 aliphatic carbocycles. The molecule has 9 heteroatoms. The maximum Gasteiger partial charge on any atom is 0.335 e. The lowest BCUT2D eigenvalue weighted by molar-refractivity contribution is -0.146. The van der Waals surface area contributed by atoms with Crippen LogP contribution in [0.4, 0.5) is 0 Å². The summed E-state index contributed by atoms with van der Waals surface area (Å²) >= 11 is 0. The van der Waals surface area contributed by atoms with Crippen LogP contribution in [0.15, 0.2) is 34.4 Å². The first-order valence-electron chi connectivity index (χ1n) is 13.4. The molecular weight excluding hydrogens is 472 g/mol. The number of methoxy groups -OCH3 is 1. The molecule has 0 N–H and O–H groups in total. The Kier molecular flexibility index (Phi) is 6.96. The molecule has 1 atom stereocenters. The number of carbonyl (C=O) groups is 2. The summed E-state index contributed by atoms with van der Waals surface area (Å²) in [5, 5.41) is 0.413. The molecule has 0 bridgehead atoms. The first kappa shape index (κ1) is 25.3. The van der Waals surface area contributed by atoms with Crippen molar-refractivity contribution in [2.24, 2.45) is 17.8 Å². The fourth-order valence-corrected chi connectivity index (χ4v) is 5.98. The monoisotopic (exact) mass is 508 g/mol. The van der Waals surface area contributed by atoms with Crippen molar-refractivity contribution in [3.8, 4) is 5.75 Å². The summed E-state index contributed by atoms with van der Waals surface area (Å²) in [5.41, 5.74) is -0.226. The molecule has 198 valence electrons. The molecule has 37 heavy (non-hydrogen) atoms. The van der Waals surface area contributed by atoms with E-state index in [1.807, 2.05) is 16.7 Å². The van der Waals surface area contributed by atoms with Crippen LogP contribution in [0.25, 0.3) is 17.1 Å². The summed E-state index contributed by atoms with van der Waals surface area (Å²) in [6, 6.07) is 5.12. The average Bonchev–Trinajstić information content (AvgIpc) is 3.76. The Morgan fingerprint density at radius 2 is 1.70 bits per heavy atom. The number of rotatable bonds is 6. The average molecular weight is 509 g/mol. The molecule has 2 amide bonds. The van der Waals surface area contributed by atoms with E-state index in [1.54, 1.807) is 18.2 Å². The summed E-state index contributed by atoms with van der Waals surface area (Å²) in [4.78, 5) is 56.0. The van der Waals surface area contributed by atoms with Gasteiger partial charge in [0.1, 0.15) is 5.75 Å². The van der Waals surface area contributed by atoms with E-state index in [0.29, 0.717) is 42.8 Å². The third-order valence-corrected chi connectivity index (χ3v) is 8.34. The molecule has 2 aromatic rings. The second kappa shape index (κ2) is 10.2. The predicted octanol–water partition coefficient (Wildman–Crippen LogP) is 2.55. The van der Waals surface area contributed by atoms with Gasteiger partial charge in [0.25, 0.3) is 5.56 Å². The molecule has 1 aromatic carbocycles. The van der Waals surface area contributed by atoms with Gasteiger partial charge in [-0.25, -0.2) is 4.79 Å². The maximum absolute atomic E-state index is 13.3. The largest absolute Gasteiger partial charge is 0.497 e. The van der Waals surface area contributed by atoms with Crippen LogP contribution in [0.1, 0.15) is 45.4 Å². The van der Waals surface area contributed by atoms with Gasteiger partial charge in [-0.05, 0) is 69.6 Å². The molecule has 1 unspecified atom stereocenters. The van der Waals surface area contributed by atoms with E-state index < -0.39 is 5.69 Å². The van der Waals surface area contributed by atoms with Crippen molar-refractivity contribution in [2.75, 3.05) is 26.7 Å². The van der Waals surface area contributed by atoms with Crippen LogP contribution in [-0.4, -0.2) is 63.5 Å². The second-order valence-electron chi connectivity index (χ2n) is 10.8. The number of carbonyl (C=O) groups excluding carboxylic acids is 2. The first-order valence-corrected chi connectivity index (χ1v) is 13.4. The Labute approximate surface area is 216 Å². The molecule has 1 aliphatic heterocycles. The Morgan fingerprint density at radius 1 is 1.03 bits per heavy atom. The summed E-state index contributed by atoms with van der Waals surface area (Å²) in [6.45, 7) is 7.91. The zero-order valence-corrected chi connectivity index (χ0v) is 21.7. The number of aromatic nitrogens is 2. The molecular formula is C28H36N4O5. The van der Waals surface area contributed by atoms with Gasteiger partial charge in [-0.2, -0.15) is 0 Å². The van der Waals surface area contributed by atoms with E-state index in [9.17, 15) is 19.2 Å². The van der Waals surface area contributed by atoms with Crippen LogP contribution < -0.4 is 16.0 Å². The van der Waals surface area contributed by atoms with Crippen LogP contribution in [0.5, 0.6) is 5.75 Å². The van der Waals surface area contributed by atoms with E-state index in [4.69, 9.17) is 4.74 Å². The number of ether oxygens (including phenoxy) is 1. The second-order valence-corrected chi connectivity index (χ2v) is 10.8. The van der Waals surface area contributed by atoms with Gasteiger partial charge >= 0.3 is 5.69 Å². The molecule has 5 rings (SSSR count). The highest BCUT2D eigenvalue weighted by atomic mass is 16.5. The third-order valence-electron chi connectivity index (χ3n) is 8.34. The number of amides is 2. The van der Waals surface area contributed by atoms with Gasteiger partial charge in [0.05, 0.1) is 18.0 Å². The van der Waals surface area contributed by atoms with Crippen LogP contribution in [0, 0.1) is 17.8 Å². The SMILES string of the molecule is C=Cn1c(=O)n(CC2CCC(C(=O)N3CCN(C(=O)C4CC4)C(C)C3)CC2)c(=O)c2cc(OC)ccc21. The lowest BCUT2D eigenvalue weighted by Gasteiger charge is -2.42. The van der Waals surface area contributed by atoms with Crippen LogP contribution in [0.3, 0.4) is 0 Å². The smallest absolute Gasteiger partial charge is 0.335 e. The predicted molar refractivity (Wildman–Crippen MR) is 141 cm³/mol. The normalized spacial score (nSPS) is 24.2. The van der Waals surface area contributed by atoms with E-state index >= 15 is 0 Å². The summed E-state index contributed by atoms with van der Waals surface area (Å²) < 4.78 is 7.98. The van der Waals surface area contributed by atoms with Crippen molar-refractivity contribution in [1.82, 2.24) is 18.9 Å². The van der Waals surface area contributed by atoms with Crippen LogP contribution in [0.2, 0.25) is 0 Å². The zero-order valence-electron chi connectivity index (χ0n) is 21.7. The quantitative estimate of drug-likeness (QED) is 0.598. The fourth-order valence-electron chi connectivity index (χ4n) is 5.98. The molecule has 0 radical (unpaired) electrons. The van der Waals surface area contributed by atoms with Gasteiger partial charge in [0, 0.05) is 50.3 Å². The Balaban J connectivity index is 1.24. The van der Waals surface area contributed by atoms with Gasteiger partial charge in [0.2, 0.25) is 11.8 Å². The molecule has 2 saturated carbocycles. The number of fused-ring (bicyclic) bond motifs is 1. The molecule has 2 heterocycles.